The Balaban J connectivity index is 2.14. The second-order valence-electron chi connectivity index (χ2n) is 3.45. The highest BCUT2D eigenvalue weighted by Gasteiger charge is 2.37. The maximum Gasteiger partial charge on any atom is 0.311 e. The van der Waals surface area contributed by atoms with E-state index in [1.54, 1.807) is 0 Å². The van der Waals surface area contributed by atoms with E-state index in [1.807, 2.05) is 0 Å². The molecule has 0 saturated carbocycles. The van der Waals surface area contributed by atoms with Gasteiger partial charge in [0.25, 0.3) is 5.95 Å². The third-order valence-corrected chi connectivity index (χ3v) is 2.39. The minimum Gasteiger partial charge on any atom is -0.469 e. The van der Waals surface area contributed by atoms with Crippen LogP contribution in [0.4, 0.5) is 11.9 Å². The first-order chi connectivity index (χ1) is 7.61. The zero-order chi connectivity index (χ0) is 11.7. The van der Waals surface area contributed by atoms with Crippen LogP contribution in [0.3, 0.4) is 0 Å². The summed E-state index contributed by atoms with van der Waals surface area (Å²) in [5.74, 6) is -0.760. The van der Waals surface area contributed by atoms with Gasteiger partial charge in [-0.1, -0.05) is 0 Å². The monoisotopic (exact) mass is 225 g/mol. The fourth-order valence-corrected chi connectivity index (χ4v) is 1.61. The second kappa shape index (κ2) is 3.80. The number of esters is 1. The molecule has 1 aliphatic rings. The number of carbonyl (C=O) groups is 2. The molecular weight excluding hydrogens is 214 g/mol. The van der Waals surface area contributed by atoms with Crippen molar-refractivity contribution >= 4 is 23.8 Å². The largest absolute Gasteiger partial charge is 0.469 e. The minimum atomic E-state index is -0.461. The zero-order valence-corrected chi connectivity index (χ0v) is 8.64. The molecule has 1 fully saturated rings. The van der Waals surface area contributed by atoms with Gasteiger partial charge in [-0.15, -0.1) is 5.10 Å². The van der Waals surface area contributed by atoms with Gasteiger partial charge in [0.2, 0.25) is 11.9 Å². The molecule has 1 amide bonds. The molecule has 1 aromatic rings. The maximum absolute atomic E-state index is 11.6. The first kappa shape index (κ1) is 10.4. The molecule has 0 spiro atoms. The van der Waals surface area contributed by atoms with Crippen molar-refractivity contribution in [2.45, 2.75) is 6.42 Å². The lowest BCUT2D eigenvalue weighted by atomic mass is 10.1. The number of hydrogen-bond acceptors (Lipinski definition) is 6. The molecule has 1 unspecified atom stereocenters. The number of nitrogens with two attached hydrogens (primary N) is 1. The average molecular weight is 225 g/mol. The van der Waals surface area contributed by atoms with Gasteiger partial charge < -0.3 is 10.5 Å². The number of nitrogens with one attached hydrogen (secondary N) is 1. The molecule has 1 saturated heterocycles. The number of carbonyl (C=O) groups excluding carboxylic acids is 2. The van der Waals surface area contributed by atoms with Crippen molar-refractivity contribution in [2.24, 2.45) is 5.92 Å². The predicted molar refractivity (Wildman–Crippen MR) is 53.3 cm³/mol. The molecule has 1 aliphatic heterocycles. The van der Waals surface area contributed by atoms with Crippen LogP contribution in [0.2, 0.25) is 0 Å². The smallest absolute Gasteiger partial charge is 0.311 e. The summed E-state index contributed by atoms with van der Waals surface area (Å²) in [6.07, 6.45) is 0.112. The second-order valence-corrected chi connectivity index (χ2v) is 3.45. The van der Waals surface area contributed by atoms with Crippen LogP contribution in [0.25, 0.3) is 0 Å². The van der Waals surface area contributed by atoms with Crippen LogP contribution in [-0.2, 0) is 14.3 Å². The molecule has 8 heteroatoms. The van der Waals surface area contributed by atoms with Gasteiger partial charge in [0.05, 0.1) is 13.0 Å². The van der Waals surface area contributed by atoms with E-state index in [9.17, 15) is 9.59 Å². The summed E-state index contributed by atoms with van der Waals surface area (Å²) < 4.78 is 4.58. The molecule has 1 atom stereocenters. The standard InChI is InChI=1S/C8H11N5O3/c1-16-6(15)4-2-5(14)13(3-4)8-10-7(9)11-12-8/h4H,2-3H2,1H3,(H3,9,10,11,12). The van der Waals surface area contributed by atoms with Crippen molar-refractivity contribution in [3.63, 3.8) is 0 Å². The van der Waals surface area contributed by atoms with Gasteiger partial charge in [-0.25, -0.2) is 5.10 Å². The summed E-state index contributed by atoms with van der Waals surface area (Å²) in [6, 6.07) is 0. The molecule has 0 radical (unpaired) electrons. The molecule has 2 heterocycles. The number of aromatic amines is 1. The Kier molecular flexibility index (Phi) is 2.47. The number of hydrogen-bond donors (Lipinski definition) is 2. The number of nitrogen functional groups attached to an aromatic ring is 1. The van der Waals surface area contributed by atoms with Gasteiger partial charge in [-0.2, -0.15) is 4.98 Å². The predicted octanol–water partition coefficient (Wildman–Crippen LogP) is -1.09. The number of anilines is 2. The molecular formula is C8H11N5O3. The summed E-state index contributed by atoms with van der Waals surface area (Å²) in [4.78, 5) is 28.0. The van der Waals surface area contributed by atoms with Crippen molar-refractivity contribution in [1.82, 2.24) is 15.2 Å². The maximum atomic E-state index is 11.6. The van der Waals surface area contributed by atoms with Crippen LogP contribution >= 0.6 is 0 Å². The van der Waals surface area contributed by atoms with E-state index in [1.165, 1.54) is 12.0 Å². The van der Waals surface area contributed by atoms with E-state index in [2.05, 4.69) is 19.9 Å². The molecule has 2 rings (SSSR count). The van der Waals surface area contributed by atoms with Crippen molar-refractivity contribution in [3.05, 3.63) is 0 Å². The summed E-state index contributed by atoms with van der Waals surface area (Å²) >= 11 is 0. The highest BCUT2D eigenvalue weighted by molar-refractivity contribution is 5.98. The number of aromatic nitrogens is 3. The van der Waals surface area contributed by atoms with E-state index >= 15 is 0 Å². The van der Waals surface area contributed by atoms with E-state index in [0.717, 1.165) is 0 Å². The summed E-state index contributed by atoms with van der Waals surface area (Å²) in [7, 11) is 1.29. The fraction of sp³-hybridized carbons (Fsp3) is 0.500. The molecule has 1 aromatic heterocycles. The first-order valence-corrected chi connectivity index (χ1v) is 4.68. The molecule has 3 N–H and O–H groups in total. The number of H-pyrrole nitrogens is 1. The van der Waals surface area contributed by atoms with Gasteiger partial charge in [0.15, 0.2) is 0 Å². The average Bonchev–Trinajstić information content (AvgIpc) is 2.83. The lowest BCUT2D eigenvalue weighted by Gasteiger charge is -2.10. The van der Waals surface area contributed by atoms with Crippen LogP contribution in [0.5, 0.6) is 0 Å². The van der Waals surface area contributed by atoms with Crippen LogP contribution in [0.15, 0.2) is 0 Å². The van der Waals surface area contributed by atoms with Crippen LogP contribution in [-0.4, -0.2) is 40.7 Å². The number of ether oxygens (including phenoxy) is 1. The summed E-state index contributed by atoms with van der Waals surface area (Å²) in [6.45, 7) is 0.225. The first-order valence-electron chi connectivity index (χ1n) is 4.68. The molecule has 0 aromatic carbocycles. The topological polar surface area (TPSA) is 114 Å². The normalized spacial score (nSPS) is 20.2. The summed E-state index contributed by atoms with van der Waals surface area (Å²) in [5, 5.41) is 6.19. The van der Waals surface area contributed by atoms with E-state index < -0.39 is 11.9 Å². The fourth-order valence-electron chi connectivity index (χ4n) is 1.61. The highest BCUT2D eigenvalue weighted by Crippen LogP contribution is 2.22. The Labute approximate surface area is 90.8 Å². The lowest BCUT2D eigenvalue weighted by Crippen LogP contribution is -2.27. The van der Waals surface area contributed by atoms with Crippen LogP contribution < -0.4 is 10.6 Å². The number of rotatable bonds is 2. The van der Waals surface area contributed by atoms with E-state index in [0.29, 0.717) is 0 Å². The third kappa shape index (κ3) is 1.69. The number of amides is 1. The van der Waals surface area contributed by atoms with Gasteiger partial charge in [-0.05, 0) is 0 Å². The lowest BCUT2D eigenvalue weighted by molar-refractivity contribution is -0.145. The highest BCUT2D eigenvalue weighted by atomic mass is 16.5. The van der Waals surface area contributed by atoms with E-state index in [4.69, 9.17) is 5.73 Å². The minimum absolute atomic E-state index is 0.112. The van der Waals surface area contributed by atoms with Crippen LogP contribution in [0, 0.1) is 5.92 Å². The quantitative estimate of drug-likeness (QED) is 0.618. The van der Waals surface area contributed by atoms with E-state index in [-0.39, 0.29) is 30.8 Å². The molecule has 0 bridgehead atoms. The number of methoxy groups -OCH3 is 1. The Morgan fingerprint density at radius 2 is 2.44 bits per heavy atom. The van der Waals surface area contributed by atoms with Crippen molar-refractivity contribution < 1.29 is 14.3 Å². The molecule has 8 nitrogen and oxygen atoms in total. The van der Waals surface area contributed by atoms with Gasteiger partial charge >= 0.3 is 5.97 Å². The summed E-state index contributed by atoms with van der Waals surface area (Å²) in [5.41, 5.74) is 5.35. The molecule has 86 valence electrons. The zero-order valence-electron chi connectivity index (χ0n) is 8.64. The van der Waals surface area contributed by atoms with Gasteiger partial charge in [0.1, 0.15) is 0 Å². The Hall–Kier alpha value is -2.12. The third-order valence-electron chi connectivity index (χ3n) is 2.39. The van der Waals surface area contributed by atoms with Gasteiger partial charge in [0, 0.05) is 13.0 Å². The van der Waals surface area contributed by atoms with Crippen molar-refractivity contribution in [2.75, 3.05) is 24.3 Å². The van der Waals surface area contributed by atoms with Crippen LogP contribution in [0.1, 0.15) is 6.42 Å². The Morgan fingerprint density at radius 3 is 3.00 bits per heavy atom. The SMILES string of the molecule is COC(=O)C1CC(=O)N(c2n[nH]c(N)n2)C1. The number of nitrogens with zero attached hydrogens (tertiary/aromatic N) is 3. The Bertz CT molecular complexity index is 429. The molecule has 16 heavy (non-hydrogen) atoms. The van der Waals surface area contributed by atoms with Gasteiger partial charge in [-0.3, -0.25) is 14.5 Å². The van der Waals surface area contributed by atoms with Crippen molar-refractivity contribution in [1.29, 1.82) is 0 Å². The molecule has 0 aliphatic carbocycles. The van der Waals surface area contributed by atoms with Crippen molar-refractivity contribution in [3.8, 4) is 0 Å². The Morgan fingerprint density at radius 1 is 1.69 bits per heavy atom.